The smallest absolute Gasteiger partial charge is 0.202 e. The van der Waals surface area contributed by atoms with Crippen LogP contribution in [0.1, 0.15) is 5.56 Å². The number of para-hydroxylation sites is 1. The van der Waals surface area contributed by atoms with Gasteiger partial charge in [0.15, 0.2) is 0 Å². The Bertz CT molecular complexity index is 397. The van der Waals surface area contributed by atoms with E-state index < -0.39 is 0 Å². The molecule has 0 aromatic heterocycles. The molecule has 2 aliphatic heterocycles. The van der Waals surface area contributed by atoms with Crippen LogP contribution in [0.25, 0.3) is 0 Å². The molecule has 2 heterocycles. The van der Waals surface area contributed by atoms with E-state index in [1.54, 1.807) is 0 Å². The molecule has 14 heavy (non-hydrogen) atoms. The van der Waals surface area contributed by atoms with Crippen molar-refractivity contribution in [2.45, 2.75) is 6.54 Å². The Balaban J connectivity index is 2.09. The Kier molecular flexibility index (Phi) is 1.54. The summed E-state index contributed by atoms with van der Waals surface area (Å²) in [5, 5.41) is 0. The highest BCUT2D eigenvalue weighted by molar-refractivity contribution is 5.86. The zero-order valence-corrected chi connectivity index (χ0v) is 8.27. The first-order valence-corrected chi connectivity index (χ1v) is 4.97. The minimum Gasteiger partial charge on any atom is -0.344 e. The lowest BCUT2D eigenvalue weighted by atomic mass is 10.1. The molecule has 1 saturated heterocycles. The molecule has 1 fully saturated rings. The molecule has 0 saturated carbocycles. The van der Waals surface area contributed by atoms with Gasteiger partial charge in [0.25, 0.3) is 0 Å². The normalized spacial score (nSPS) is 19.1. The van der Waals surface area contributed by atoms with E-state index in [1.807, 2.05) is 6.07 Å². The fourth-order valence-electron chi connectivity index (χ4n) is 2.08. The second kappa shape index (κ2) is 2.74. The van der Waals surface area contributed by atoms with Crippen molar-refractivity contribution in [3.05, 3.63) is 29.8 Å². The van der Waals surface area contributed by atoms with Crippen LogP contribution in [0.2, 0.25) is 0 Å². The third-order valence-corrected chi connectivity index (χ3v) is 2.90. The highest BCUT2D eigenvalue weighted by Gasteiger charge is 2.27. The van der Waals surface area contributed by atoms with Crippen LogP contribution >= 0.6 is 0 Å². The molecule has 1 aromatic rings. The van der Waals surface area contributed by atoms with Crippen LogP contribution < -0.4 is 0 Å². The number of hydrogen-bond donors (Lipinski definition) is 0. The molecule has 0 aliphatic carbocycles. The number of fused-ring (bicyclic) bond motifs is 2. The number of guanidine groups is 1. The average molecular weight is 187 g/mol. The van der Waals surface area contributed by atoms with Crippen molar-refractivity contribution in [1.82, 2.24) is 9.80 Å². The van der Waals surface area contributed by atoms with Crippen molar-refractivity contribution >= 4 is 11.6 Å². The lowest BCUT2D eigenvalue weighted by Crippen LogP contribution is -2.32. The van der Waals surface area contributed by atoms with Crippen molar-refractivity contribution < 1.29 is 0 Å². The van der Waals surface area contributed by atoms with Crippen LogP contribution in [0, 0.1) is 0 Å². The zero-order chi connectivity index (χ0) is 9.54. The molecule has 0 amide bonds. The topological polar surface area (TPSA) is 18.8 Å². The molecule has 0 N–H and O–H groups in total. The second-order valence-corrected chi connectivity index (χ2v) is 3.88. The van der Waals surface area contributed by atoms with Crippen LogP contribution in [0.5, 0.6) is 0 Å². The molecule has 0 atom stereocenters. The zero-order valence-electron chi connectivity index (χ0n) is 8.27. The van der Waals surface area contributed by atoms with Crippen LogP contribution in [-0.4, -0.2) is 35.9 Å². The quantitative estimate of drug-likeness (QED) is 0.612. The van der Waals surface area contributed by atoms with Gasteiger partial charge in [-0.05, 0) is 11.6 Å². The minimum absolute atomic E-state index is 1.01. The maximum atomic E-state index is 4.66. The molecule has 3 heteroatoms. The van der Waals surface area contributed by atoms with E-state index in [4.69, 9.17) is 0 Å². The fraction of sp³-hybridized carbons (Fsp3) is 0.364. The molecule has 3 rings (SSSR count). The van der Waals surface area contributed by atoms with E-state index in [1.165, 1.54) is 5.56 Å². The van der Waals surface area contributed by atoms with Crippen LogP contribution in [-0.2, 0) is 6.54 Å². The first-order valence-electron chi connectivity index (χ1n) is 4.97. The molecule has 3 nitrogen and oxygen atoms in total. The lowest BCUT2D eigenvalue weighted by Gasteiger charge is -2.25. The summed E-state index contributed by atoms with van der Waals surface area (Å²) < 4.78 is 0. The van der Waals surface area contributed by atoms with Gasteiger partial charge in [-0.3, -0.25) is 0 Å². The summed E-state index contributed by atoms with van der Waals surface area (Å²) in [7, 11) is 2.10. The summed E-state index contributed by atoms with van der Waals surface area (Å²) in [6, 6.07) is 8.38. The van der Waals surface area contributed by atoms with Crippen LogP contribution in [0.4, 0.5) is 5.69 Å². The predicted octanol–water partition coefficient (Wildman–Crippen LogP) is 1.44. The fourth-order valence-corrected chi connectivity index (χ4v) is 2.08. The average Bonchev–Trinajstić information content (AvgIpc) is 2.57. The molecular formula is C11H13N3. The van der Waals surface area contributed by atoms with Gasteiger partial charge in [-0.1, -0.05) is 18.2 Å². The third-order valence-electron chi connectivity index (χ3n) is 2.90. The predicted molar refractivity (Wildman–Crippen MR) is 56.6 cm³/mol. The Morgan fingerprint density at radius 3 is 3.00 bits per heavy atom. The highest BCUT2D eigenvalue weighted by Crippen LogP contribution is 2.27. The summed E-state index contributed by atoms with van der Waals surface area (Å²) in [5.74, 6) is 1.13. The second-order valence-electron chi connectivity index (χ2n) is 3.88. The lowest BCUT2D eigenvalue weighted by molar-refractivity contribution is 0.451. The molecule has 0 spiro atoms. The number of likely N-dealkylation sites (N-methyl/N-ethyl adjacent to an activating group) is 1. The summed E-state index contributed by atoms with van der Waals surface area (Å²) in [5.41, 5.74) is 2.47. The third kappa shape index (κ3) is 1.02. The van der Waals surface area contributed by atoms with Gasteiger partial charge >= 0.3 is 0 Å². The van der Waals surface area contributed by atoms with E-state index in [2.05, 4.69) is 40.0 Å². The summed E-state index contributed by atoms with van der Waals surface area (Å²) in [6.07, 6.45) is 0. The monoisotopic (exact) mass is 187 g/mol. The first kappa shape index (κ1) is 7.85. The first-order chi connectivity index (χ1) is 6.84. The Morgan fingerprint density at radius 1 is 1.21 bits per heavy atom. The van der Waals surface area contributed by atoms with Crippen molar-refractivity contribution in [3.8, 4) is 0 Å². The molecule has 2 aliphatic rings. The van der Waals surface area contributed by atoms with Gasteiger partial charge in [-0.25, -0.2) is 4.99 Å². The summed E-state index contributed by atoms with van der Waals surface area (Å²) >= 11 is 0. The number of benzene rings is 1. The molecule has 72 valence electrons. The molecule has 0 radical (unpaired) electrons. The van der Waals surface area contributed by atoms with Gasteiger partial charge in [-0.15, -0.1) is 0 Å². The minimum atomic E-state index is 1.01. The Morgan fingerprint density at radius 2 is 2.07 bits per heavy atom. The molecular weight excluding hydrogens is 174 g/mol. The summed E-state index contributed by atoms with van der Waals surface area (Å²) in [4.78, 5) is 9.21. The molecule has 0 unspecified atom stereocenters. The van der Waals surface area contributed by atoms with Crippen LogP contribution in [0.15, 0.2) is 29.3 Å². The van der Waals surface area contributed by atoms with Gasteiger partial charge < -0.3 is 9.80 Å². The highest BCUT2D eigenvalue weighted by atomic mass is 15.4. The number of nitrogens with zero attached hydrogens (tertiary/aromatic N) is 3. The van der Waals surface area contributed by atoms with Gasteiger partial charge in [0.2, 0.25) is 5.96 Å². The van der Waals surface area contributed by atoms with Crippen LogP contribution in [0.3, 0.4) is 0 Å². The van der Waals surface area contributed by atoms with Crippen molar-refractivity contribution in [1.29, 1.82) is 0 Å². The maximum absolute atomic E-state index is 4.66. The van der Waals surface area contributed by atoms with E-state index in [0.29, 0.717) is 0 Å². The van der Waals surface area contributed by atoms with Gasteiger partial charge in [0, 0.05) is 26.7 Å². The van der Waals surface area contributed by atoms with Crippen molar-refractivity contribution in [3.63, 3.8) is 0 Å². The van der Waals surface area contributed by atoms with E-state index >= 15 is 0 Å². The van der Waals surface area contributed by atoms with Gasteiger partial charge in [0.1, 0.15) is 0 Å². The van der Waals surface area contributed by atoms with E-state index in [-0.39, 0.29) is 0 Å². The Hall–Kier alpha value is -1.51. The van der Waals surface area contributed by atoms with E-state index in [9.17, 15) is 0 Å². The SMILES string of the molecule is CN1CCN2Cc3ccccc3N=C12. The molecule has 1 aromatic carbocycles. The summed E-state index contributed by atoms with van der Waals surface area (Å²) in [6.45, 7) is 3.20. The van der Waals surface area contributed by atoms with Crippen molar-refractivity contribution in [2.75, 3.05) is 20.1 Å². The molecule has 0 bridgehead atoms. The number of hydrogen-bond acceptors (Lipinski definition) is 3. The largest absolute Gasteiger partial charge is 0.344 e. The van der Waals surface area contributed by atoms with Gasteiger partial charge in [0.05, 0.1) is 5.69 Å². The number of rotatable bonds is 0. The number of aliphatic imine (C=N–C) groups is 1. The van der Waals surface area contributed by atoms with Crippen molar-refractivity contribution in [2.24, 2.45) is 4.99 Å². The maximum Gasteiger partial charge on any atom is 0.202 e. The van der Waals surface area contributed by atoms with E-state index in [0.717, 1.165) is 31.3 Å². The van der Waals surface area contributed by atoms with Gasteiger partial charge in [-0.2, -0.15) is 0 Å². The Labute approximate surface area is 83.7 Å². The standard InChI is InChI=1S/C11H13N3/c1-13-6-7-14-8-9-4-2-3-5-10(9)12-11(13)14/h2-5H,6-8H2,1H3.